The molecule has 0 bridgehead atoms. The molecule has 0 aromatic heterocycles. The molecule has 1 atom stereocenters. The zero-order valence-corrected chi connectivity index (χ0v) is 7.39. The predicted molar refractivity (Wildman–Crippen MR) is 46.2 cm³/mol. The van der Waals surface area contributed by atoms with Crippen LogP contribution in [0.25, 0.3) is 0 Å². The van der Waals surface area contributed by atoms with E-state index in [0.29, 0.717) is 6.42 Å². The summed E-state index contributed by atoms with van der Waals surface area (Å²) in [4.78, 5) is 11.0. The Morgan fingerprint density at radius 1 is 1.55 bits per heavy atom. The SMILES string of the molecule is CCCCNC(=O)[C@H](N)CC. The highest BCUT2D eigenvalue weighted by Gasteiger charge is 2.08. The molecule has 3 nitrogen and oxygen atoms in total. The first kappa shape index (κ1) is 10.4. The van der Waals surface area contributed by atoms with E-state index in [-0.39, 0.29) is 11.9 Å². The zero-order chi connectivity index (χ0) is 8.69. The van der Waals surface area contributed by atoms with Crippen LogP contribution in [0.15, 0.2) is 0 Å². The molecule has 0 aromatic rings. The maximum absolute atomic E-state index is 11.0. The van der Waals surface area contributed by atoms with E-state index in [0.717, 1.165) is 19.4 Å². The molecule has 0 spiro atoms. The molecule has 11 heavy (non-hydrogen) atoms. The first-order valence-electron chi connectivity index (χ1n) is 4.25. The molecule has 66 valence electrons. The van der Waals surface area contributed by atoms with Crippen LogP contribution in [-0.4, -0.2) is 18.5 Å². The van der Waals surface area contributed by atoms with Crippen molar-refractivity contribution in [1.82, 2.24) is 5.32 Å². The molecule has 0 heterocycles. The summed E-state index contributed by atoms with van der Waals surface area (Å²) in [6.07, 6.45) is 2.84. The van der Waals surface area contributed by atoms with Crippen LogP contribution in [0, 0.1) is 0 Å². The highest BCUT2D eigenvalue weighted by molar-refractivity contribution is 5.81. The van der Waals surface area contributed by atoms with Crippen molar-refractivity contribution in [1.29, 1.82) is 0 Å². The fourth-order valence-electron chi connectivity index (χ4n) is 0.705. The number of rotatable bonds is 5. The van der Waals surface area contributed by atoms with E-state index in [2.05, 4.69) is 12.2 Å². The largest absolute Gasteiger partial charge is 0.355 e. The van der Waals surface area contributed by atoms with Gasteiger partial charge in [-0.3, -0.25) is 4.79 Å². The molecule has 0 saturated heterocycles. The van der Waals surface area contributed by atoms with Gasteiger partial charge in [0.25, 0.3) is 0 Å². The second kappa shape index (κ2) is 6.16. The zero-order valence-electron chi connectivity index (χ0n) is 7.39. The lowest BCUT2D eigenvalue weighted by Crippen LogP contribution is -2.40. The Balaban J connectivity index is 3.36. The Bertz CT molecular complexity index is 115. The van der Waals surface area contributed by atoms with Gasteiger partial charge in [-0.1, -0.05) is 20.3 Å². The average molecular weight is 158 g/mol. The summed E-state index contributed by atoms with van der Waals surface area (Å²) in [5.74, 6) is -0.0269. The summed E-state index contributed by atoms with van der Waals surface area (Å²) in [6.45, 7) is 4.75. The Kier molecular flexibility index (Phi) is 5.84. The smallest absolute Gasteiger partial charge is 0.236 e. The molecule has 0 aromatic carbocycles. The monoisotopic (exact) mass is 158 g/mol. The van der Waals surface area contributed by atoms with Crippen molar-refractivity contribution in [3.05, 3.63) is 0 Å². The van der Waals surface area contributed by atoms with Gasteiger partial charge in [-0.25, -0.2) is 0 Å². The predicted octanol–water partition coefficient (Wildman–Crippen LogP) is 0.640. The fraction of sp³-hybridized carbons (Fsp3) is 0.875. The number of nitrogens with one attached hydrogen (secondary N) is 1. The summed E-state index contributed by atoms with van der Waals surface area (Å²) < 4.78 is 0. The van der Waals surface area contributed by atoms with E-state index in [1.807, 2.05) is 6.92 Å². The summed E-state index contributed by atoms with van der Waals surface area (Å²) >= 11 is 0. The van der Waals surface area contributed by atoms with Crippen LogP contribution >= 0.6 is 0 Å². The van der Waals surface area contributed by atoms with E-state index in [9.17, 15) is 4.79 Å². The van der Waals surface area contributed by atoms with Gasteiger partial charge in [-0.2, -0.15) is 0 Å². The molecular weight excluding hydrogens is 140 g/mol. The molecule has 0 saturated carbocycles. The standard InChI is InChI=1S/C8H18N2O/c1-3-5-6-10-8(11)7(9)4-2/h7H,3-6,9H2,1-2H3,(H,10,11)/t7-/m1/s1. The van der Waals surface area contributed by atoms with E-state index in [1.54, 1.807) is 0 Å². The van der Waals surface area contributed by atoms with Gasteiger partial charge in [0, 0.05) is 6.54 Å². The highest BCUT2D eigenvalue weighted by Crippen LogP contribution is 1.87. The summed E-state index contributed by atoms with van der Waals surface area (Å²) in [6, 6.07) is -0.327. The molecule has 3 N–H and O–H groups in total. The van der Waals surface area contributed by atoms with Gasteiger partial charge < -0.3 is 11.1 Å². The molecule has 0 aliphatic heterocycles. The van der Waals surface area contributed by atoms with Crippen LogP contribution in [0.1, 0.15) is 33.1 Å². The van der Waals surface area contributed by atoms with Crippen molar-refractivity contribution >= 4 is 5.91 Å². The third kappa shape index (κ3) is 4.79. The molecular formula is C8H18N2O. The quantitative estimate of drug-likeness (QED) is 0.577. The van der Waals surface area contributed by atoms with E-state index >= 15 is 0 Å². The van der Waals surface area contributed by atoms with Gasteiger partial charge in [0.2, 0.25) is 5.91 Å². The minimum absolute atomic E-state index is 0.0269. The van der Waals surface area contributed by atoms with Crippen molar-refractivity contribution < 1.29 is 4.79 Å². The fourth-order valence-corrected chi connectivity index (χ4v) is 0.705. The molecule has 0 rings (SSSR count). The van der Waals surface area contributed by atoms with E-state index in [4.69, 9.17) is 5.73 Å². The van der Waals surface area contributed by atoms with Gasteiger partial charge in [0.1, 0.15) is 0 Å². The molecule has 0 fully saturated rings. The second-order valence-corrected chi connectivity index (χ2v) is 2.66. The van der Waals surface area contributed by atoms with Crippen molar-refractivity contribution in [3.63, 3.8) is 0 Å². The maximum Gasteiger partial charge on any atom is 0.236 e. The van der Waals surface area contributed by atoms with Crippen LogP contribution in [0.4, 0.5) is 0 Å². The maximum atomic E-state index is 11.0. The number of nitrogens with two attached hydrogens (primary N) is 1. The number of unbranched alkanes of at least 4 members (excludes halogenated alkanes) is 1. The summed E-state index contributed by atoms with van der Waals surface area (Å²) in [5, 5.41) is 2.77. The van der Waals surface area contributed by atoms with Gasteiger partial charge in [-0.05, 0) is 12.8 Å². The minimum Gasteiger partial charge on any atom is -0.355 e. The summed E-state index contributed by atoms with van der Waals surface area (Å²) in [7, 11) is 0. The molecule has 0 aliphatic carbocycles. The molecule has 1 amide bonds. The van der Waals surface area contributed by atoms with E-state index < -0.39 is 0 Å². The highest BCUT2D eigenvalue weighted by atomic mass is 16.2. The van der Waals surface area contributed by atoms with Crippen LogP contribution in [0.5, 0.6) is 0 Å². The van der Waals surface area contributed by atoms with Crippen molar-refractivity contribution in [3.8, 4) is 0 Å². The van der Waals surface area contributed by atoms with Gasteiger partial charge in [0.15, 0.2) is 0 Å². The van der Waals surface area contributed by atoms with Gasteiger partial charge >= 0.3 is 0 Å². The third-order valence-corrected chi connectivity index (χ3v) is 1.61. The Morgan fingerprint density at radius 3 is 2.64 bits per heavy atom. The molecule has 3 heteroatoms. The third-order valence-electron chi connectivity index (χ3n) is 1.61. The van der Waals surface area contributed by atoms with Gasteiger partial charge in [0.05, 0.1) is 6.04 Å². The van der Waals surface area contributed by atoms with E-state index in [1.165, 1.54) is 0 Å². The lowest BCUT2D eigenvalue weighted by Gasteiger charge is -2.08. The Morgan fingerprint density at radius 2 is 2.18 bits per heavy atom. The van der Waals surface area contributed by atoms with Crippen LogP contribution < -0.4 is 11.1 Å². The molecule has 0 aliphatic rings. The number of carbonyl (C=O) groups excluding carboxylic acids is 1. The van der Waals surface area contributed by atoms with Crippen molar-refractivity contribution in [2.75, 3.05) is 6.54 Å². The average Bonchev–Trinajstić information content (AvgIpc) is 2.03. The lowest BCUT2D eigenvalue weighted by atomic mass is 10.2. The van der Waals surface area contributed by atoms with Crippen LogP contribution in [0.3, 0.4) is 0 Å². The van der Waals surface area contributed by atoms with Crippen molar-refractivity contribution in [2.45, 2.75) is 39.2 Å². The van der Waals surface area contributed by atoms with Crippen LogP contribution in [0.2, 0.25) is 0 Å². The number of amides is 1. The summed E-state index contributed by atoms with van der Waals surface area (Å²) in [5.41, 5.74) is 5.49. The lowest BCUT2D eigenvalue weighted by molar-refractivity contribution is -0.122. The minimum atomic E-state index is -0.327. The first-order valence-corrected chi connectivity index (χ1v) is 4.25. The molecule has 0 unspecified atom stereocenters. The first-order chi connectivity index (χ1) is 5.22. The number of hydrogen-bond donors (Lipinski definition) is 2. The Labute approximate surface area is 68.3 Å². The number of hydrogen-bond acceptors (Lipinski definition) is 2. The Hall–Kier alpha value is -0.570. The van der Waals surface area contributed by atoms with Crippen molar-refractivity contribution in [2.24, 2.45) is 5.73 Å². The molecule has 0 radical (unpaired) electrons. The normalized spacial score (nSPS) is 12.6. The number of carbonyl (C=O) groups is 1. The van der Waals surface area contributed by atoms with Crippen LogP contribution in [-0.2, 0) is 4.79 Å². The second-order valence-electron chi connectivity index (χ2n) is 2.66. The topological polar surface area (TPSA) is 55.1 Å². The van der Waals surface area contributed by atoms with Gasteiger partial charge in [-0.15, -0.1) is 0 Å².